The number of Topliss-reactive ketones (excluding diaryl/α,β-unsaturated/α-hetero) is 1. The Labute approximate surface area is 144 Å². The first-order valence-electron chi connectivity index (χ1n) is 8.04. The molecule has 2 aliphatic rings. The molecule has 2 aromatic rings. The highest BCUT2D eigenvalue weighted by Crippen LogP contribution is 2.46. The van der Waals surface area contributed by atoms with E-state index in [0.29, 0.717) is 22.5 Å². The molecule has 0 bridgehead atoms. The van der Waals surface area contributed by atoms with Crippen molar-refractivity contribution in [2.24, 2.45) is 0 Å². The van der Waals surface area contributed by atoms with Crippen LogP contribution in [0, 0.1) is 0 Å². The van der Waals surface area contributed by atoms with E-state index in [0.717, 1.165) is 11.0 Å². The smallest absolute Gasteiger partial charge is 0.192 e. The summed E-state index contributed by atoms with van der Waals surface area (Å²) >= 11 is 7.50. The van der Waals surface area contributed by atoms with Crippen LogP contribution >= 0.6 is 23.4 Å². The lowest BCUT2D eigenvalue weighted by Gasteiger charge is -2.12. The van der Waals surface area contributed by atoms with Crippen LogP contribution in [0.1, 0.15) is 60.7 Å². The van der Waals surface area contributed by atoms with Gasteiger partial charge in [-0.2, -0.15) is 0 Å². The van der Waals surface area contributed by atoms with Crippen LogP contribution in [0.4, 0.5) is 0 Å². The lowest BCUT2D eigenvalue weighted by Crippen LogP contribution is -2.15. The van der Waals surface area contributed by atoms with Crippen LogP contribution in [0.5, 0.6) is 0 Å². The minimum Gasteiger partial charge on any atom is -0.303 e. The van der Waals surface area contributed by atoms with E-state index < -0.39 is 0 Å². The second-order valence-electron chi connectivity index (χ2n) is 6.35. The average Bonchev–Trinajstić information content (AvgIpc) is 3.45. The second-order valence-corrected chi connectivity index (χ2v) is 8.10. The average molecular weight is 348 g/mol. The molecule has 1 aromatic carbocycles. The number of hydrogen-bond donors (Lipinski definition) is 0. The van der Waals surface area contributed by atoms with E-state index in [2.05, 4.69) is 14.8 Å². The number of nitrogens with zero attached hydrogens (tertiary/aromatic N) is 3. The van der Waals surface area contributed by atoms with Gasteiger partial charge in [0.2, 0.25) is 0 Å². The summed E-state index contributed by atoms with van der Waals surface area (Å²) in [7, 11) is 0. The standard InChI is InChI=1S/C17H18ClN3OS/c1-10(15(22)12-3-2-4-13(18)9-12)23-17-20-19-16(11-5-6-11)21(17)14-7-8-14/h2-4,9-11,14H,5-8H2,1H3. The molecule has 23 heavy (non-hydrogen) atoms. The van der Waals surface area contributed by atoms with E-state index >= 15 is 0 Å². The van der Waals surface area contributed by atoms with E-state index in [1.165, 1.54) is 37.4 Å². The third-order valence-corrected chi connectivity index (χ3v) is 5.60. The molecule has 1 atom stereocenters. The fourth-order valence-corrected chi connectivity index (χ4v) is 3.95. The number of carbonyl (C=O) groups is 1. The monoisotopic (exact) mass is 347 g/mol. The maximum absolute atomic E-state index is 12.6. The van der Waals surface area contributed by atoms with Gasteiger partial charge < -0.3 is 4.57 Å². The quantitative estimate of drug-likeness (QED) is 0.570. The molecule has 0 N–H and O–H groups in total. The van der Waals surface area contributed by atoms with Gasteiger partial charge in [-0.3, -0.25) is 4.79 Å². The van der Waals surface area contributed by atoms with Crippen molar-refractivity contribution in [1.29, 1.82) is 0 Å². The molecule has 0 amide bonds. The summed E-state index contributed by atoms with van der Waals surface area (Å²) in [6, 6.07) is 7.66. The Hall–Kier alpha value is -1.33. The first kappa shape index (κ1) is 15.2. The molecule has 120 valence electrons. The molecule has 0 spiro atoms. The topological polar surface area (TPSA) is 47.8 Å². The summed E-state index contributed by atoms with van der Waals surface area (Å²) in [5.74, 6) is 1.78. The first-order valence-corrected chi connectivity index (χ1v) is 9.30. The molecule has 4 rings (SSSR count). The van der Waals surface area contributed by atoms with Gasteiger partial charge in [-0.25, -0.2) is 0 Å². The second kappa shape index (κ2) is 5.95. The summed E-state index contributed by atoms with van der Waals surface area (Å²) in [5.41, 5.74) is 0.650. The van der Waals surface area contributed by atoms with Gasteiger partial charge in [-0.05, 0) is 44.7 Å². The van der Waals surface area contributed by atoms with Gasteiger partial charge in [0.05, 0.1) is 5.25 Å². The molecule has 4 nitrogen and oxygen atoms in total. The highest BCUT2D eigenvalue weighted by Gasteiger charge is 2.37. The Bertz CT molecular complexity index is 752. The fourth-order valence-electron chi connectivity index (χ4n) is 2.75. The van der Waals surface area contributed by atoms with Crippen LogP contribution in [-0.4, -0.2) is 25.8 Å². The largest absolute Gasteiger partial charge is 0.303 e. The molecule has 1 aromatic heterocycles. The first-order chi connectivity index (χ1) is 11.1. The minimum atomic E-state index is -0.206. The Morgan fingerprint density at radius 2 is 2.09 bits per heavy atom. The lowest BCUT2D eigenvalue weighted by atomic mass is 10.1. The van der Waals surface area contributed by atoms with Crippen molar-refractivity contribution in [1.82, 2.24) is 14.8 Å². The van der Waals surface area contributed by atoms with E-state index in [1.807, 2.05) is 19.1 Å². The number of hydrogen-bond acceptors (Lipinski definition) is 4. The summed E-state index contributed by atoms with van der Waals surface area (Å²) in [6.07, 6.45) is 4.82. The third kappa shape index (κ3) is 3.17. The Morgan fingerprint density at radius 3 is 2.74 bits per heavy atom. The number of carbonyl (C=O) groups excluding carboxylic acids is 1. The van der Waals surface area contributed by atoms with Crippen molar-refractivity contribution in [3.63, 3.8) is 0 Å². The Morgan fingerprint density at radius 1 is 1.30 bits per heavy atom. The number of aromatic nitrogens is 3. The molecular formula is C17H18ClN3OS. The highest BCUT2D eigenvalue weighted by atomic mass is 35.5. The van der Waals surface area contributed by atoms with Crippen LogP contribution in [-0.2, 0) is 0 Å². The Kier molecular flexibility index (Phi) is 3.93. The number of benzene rings is 1. The predicted octanol–water partition coefficient (Wildman–Crippen LogP) is 4.51. The molecule has 2 fully saturated rings. The summed E-state index contributed by atoms with van der Waals surface area (Å²) in [6.45, 7) is 1.93. The number of ketones is 1. The fraction of sp³-hybridized carbons (Fsp3) is 0.471. The summed E-state index contributed by atoms with van der Waals surface area (Å²) in [4.78, 5) is 12.6. The van der Waals surface area contributed by atoms with E-state index in [-0.39, 0.29) is 11.0 Å². The number of halogens is 1. The van der Waals surface area contributed by atoms with Crippen molar-refractivity contribution in [2.45, 2.75) is 55.0 Å². The van der Waals surface area contributed by atoms with Crippen LogP contribution in [0.25, 0.3) is 0 Å². The molecule has 1 unspecified atom stereocenters. The van der Waals surface area contributed by atoms with Gasteiger partial charge in [-0.15, -0.1) is 10.2 Å². The van der Waals surface area contributed by atoms with Crippen molar-refractivity contribution in [3.05, 3.63) is 40.7 Å². The molecule has 1 heterocycles. The molecular weight excluding hydrogens is 330 g/mol. The highest BCUT2D eigenvalue weighted by molar-refractivity contribution is 8.00. The van der Waals surface area contributed by atoms with E-state index in [9.17, 15) is 4.79 Å². The van der Waals surface area contributed by atoms with E-state index in [4.69, 9.17) is 11.6 Å². The van der Waals surface area contributed by atoms with Gasteiger partial charge in [0.1, 0.15) is 5.82 Å². The predicted molar refractivity (Wildman–Crippen MR) is 91.4 cm³/mol. The molecule has 2 saturated carbocycles. The summed E-state index contributed by atoms with van der Waals surface area (Å²) in [5, 5.41) is 10.0. The molecule has 6 heteroatoms. The maximum Gasteiger partial charge on any atom is 0.192 e. The van der Waals surface area contributed by atoms with Gasteiger partial charge in [0.15, 0.2) is 10.9 Å². The van der Waals surface area contributed by atoms with Gasteiger partial charge >= 0.3 is 0 Å². The minimum absolute atomic E-state index is 0.0795. The van der Waals surface area contributed by atoms with Crippen LogP contribution in [0.3, 0.4) is 0 Å². The zero-order valence-corrected chi connectivity index (χ0v) is 14.5. The summed E-state index contributed by atoms with van der Waals surface area (Å²) < 4.78 is 2.28. The zero-order chi connectivity index (χ0) is 16.0. The number of thioether (sulfide) groups is 1. The van der Waals surface area contributed by atoms with Crippen LogP contribution in [0.2, 0.25) is 5.02 Å². The van der Waals surface area contributed by atoms with Gasteiger partial charge in [0, 0.05) is 22.5 Å². The SMILES string of the molecule is CC(Sc1nnc(C2CC2)n1C1CC1)C(=O)c1cccc(Cl)c1. The molecule has 2 aliphatic carbocycles. The van der Waals surface area contributed by atoms with E-state index in [1.54, 1.807) is 12.1 Å². The normalized spacial score (nSPS) is 18.9. The van der Waals surface area contributed by atoms with Crippen LogP contribution < -0.4 is 0 Å². The van der Waals surface area contributed by atoms with Gasteiger partial charge in [-0.1, -0.05) is 35.5 Å². The Balaban J connectivity index is 1.54. The number of rotatable bonds is 6. The third-order valence-electron chi connectivity index (χ3n) is 4.31. The molecule has 0 aliphatic heterocycles. The van der Waals surface area contributed by atoms with Crippen molar-refractivity contribution in [3.8, 4) is 0 Å². The zero-order valence-electron chi connectivity index (χ0n) is 12.9. The van der Waals surface area contributed by atoms with Crippen molar-refractivity contribution in [2.75, 3.05) is 0 Å². The molecule has 0 radical (unpaired) electrons. The molecule has 0 saturated heterocycles. The van der Waals surface area contributed by atoms with Crippen LogP contribution in [0.15, 0.2) is 29.4 Å². The van der Waals surface area contributed by atoms with Crippen molar-refractivity contribution >= 4 is 29.1 Å². The van der Waals surface area contributed by atoms with Crippen molar-refractivity contribution < 1.29 is 4.79 Å². The van der Waals surface area contributed by atoms with Gasteiger partial charge in [0.25, 0.3) is 0 Å². The maximum atomic E-state index is 12.6. The lowest BCUT2D eigenvalue weighted by molar-refractivity contribution is 0.0994.